The fourth-order valence-electron chi connectivity index (χ4n) is 8.18. The van der Waals surface area contributed by atoms with Crippen molar-refractivity contribution in [2.24, 2.45) is 40.2 Å². The van der Waals surface area contributed by atoms with Gasteiger partial charge in [-0.3, -0.25) is 0 Å². The van der Waals surface area contributed by atoms with Crippen LogP contribution in [0.15, 0.2) is 17.7 Å². The maximum absolute atomic E-state index is 9.22. The molecule has 0 aromatic carbocycles. The molecule has 7 atom stereocenters. The molecule has 0 saturated heterocycles. The molecule has 7 unspecified atom stereocenters. The number of carbonyl (C=O) groups excluding carboxylic acids is 1. The average Bonchev–Trinajstić information content (AvgIpc) is 3.20. The molecule has 262 valence electrons. The van der Waals surface area contributed by atoms with Crippen molar-refractivity contribution in [3.63, 3.8) is 0 Å². The normalized spacial score (nSPS) is 32.5. The summed E-state index contributed by atoms with van der Waals surface area (Å²) in [6.07, 6.45) is 21.2. The molecule has 2 N–H and O–H groups in total. The second-order valence-electron chi connectivity index (χ2n) is 12.4. The molecule has 0 bridgehead atoms. The van der Waals surface area contributed by atoms with Gasteiger partial charge in [0.15, 0.2) is 0 Å². The van der Waals surface area contributed by atoms with Gasteiger partial charge in [0.25, 0.3) is 0 Å². The maximum atomic E-state index is 9.22. The van der Waals surface area contributed by atoms with Crippen LogP contribution in [0.4, 0.5) is 0 Å². The average molecular weight is 619 g/mol. The molecule has 3 nitrogen and oxygen atoms in total. The lowest BCUT2D eigenvalue weighted by Crippen LogP contribution is -2.64. The third kappa shape index (κ3) is 14.8. The van der Waals surface area contributed by atoms with Gasteiger partial charge in [-0.15, -0.1) is 0 Å². The topological polar surface area (TPSA) is 66.9 Å². The van der Waals surface area contributed by atoms with Crippen molar-refractivity contribution < 1.29 is 4.79 Å². The zero-order valence-corrected chi connectivity index (χ0v) is 33.1. The van der Waals surface area contributed by atoms with Gasteiger partial charge in [0.1, 0.15) is 5.94 Å². The van der Waals surface area contributed by atoms with Crippen molar-refractivity contribution in [1.29, 1.82) is 5.26 Å². The summed E-state index contributed by atoms with van der Waals surface area (Å²) in [5.74, 6) is 5.40. The summed E-state index contributed by atoms with van der Waals surface area (Å²) >= 11 is 0. The lowest BCUT2D eigenvalue weighted by atomic mass is 9.42. The van der Waals surface area contributed by atoms with E-state index in [1.807, 2.05) is 89.2 Å². The fraction of sp³-hybridized carbons (Fsp3) is 0.878. The number of allylic oxidation sites excluding steroid dienone is 3. The van der Waals surface area contributed by atoms with Crippen molar-refractivity contribution in [2.75, 3.05) is 0 Å². The van der Waals surface area contributed by atoms with E-state index >= 15 is 0 Å². The summed E-state index contributed by atoms with van der Waals surface area (Å²) in [4.78, 5) is 9.22. The second-order valence-corrected chi connectivity index (χ2v) is 12.4. The number of hydrogen-bond acceptors (Lipinski definition) is 3. The number of fused-ring (bicyclic) bond motifs is 5. The molecule has 0 aromatic rings. The highest BCUT2D eigenvalue weighted by Crippen LogP contribution is 2.65. The van der Waals surface area contributed by atoms with E-state index in [0.29, 0.717) is 10.8 Å². The summed E-state index contributed by atoms with van der Waals surface area (Å²) in [6.45, 7) is 33.2. The number of hydrogen-bond donors (Lipinski definition) is 1. The number of nitrogens with zero attached hydrogens (tertiary/aromatic N) is 1. The van der Waals surface area contributed by atoms with Crippen molar-refractivity contribution in [3.05, 3.63) is 17.7 Å². The Kier molecular flexibility index (Phi) is 32.7. The molecule has 4 saturated carbocycles. The largest absolute Gasteiger partial charge is 0.325 e. The first-order valence-electron chi connectivity index (χ1n) is 19.1. The van der Waals surface area contributed by atoms with Crippen molar-refractivity contribution >= 4 is 5.94 Å². The molecule has 4 fully saturated rings. The highest BCUT2D eigenvalue weighted by molar-refractivity contribution is 5.44. The monoisotopic (exact) mass is 619 g/mol. The fourth-order valence-corrected chi connectivity index (χ4v) is 8.18. The molecule has 0 radical (unpaired) electrons. The standard InChI is InChI=1S/C22H39N.C5H7N.C4H6O.5C2H6/c1-16-7-6-12-21(3)19-10-13-20(2)11-5-4-8-18(20)17(19)9-14-22(21,23)15-16;1-3-5(2)4-6;1-2-3-4-5;5*1-2/h16-19H,4-15,23H2,1-3H3;3H,1-2H3;3H,2H2,1H3;5*1-2H3/b;5-3+;;;;;;. The molecular formula is C41H82N2O. The summed E-state index contributed by atoms with van der Waals surface area (Å²) in [5.41, 5.74) is 9.19. The van der Waals surface area contributed by atoms with Gasteiger partial charge in [-0.1, -0.05) is 129 Å². The maximum Gasteiger partial charge on any atom is 0.120 e. The van der Waals surface area contributed by atoms with Crippen molar-refractivity contribution in [3.8, 4) is 6.07 Å². The molecule has 4 aliphatic rings. The van der Waals surface area contributed by atoms with E-state index < -0.39 is 0 Å². The third-order valence-electron chi connectivity index (χ3n) is 10.4. The van der Waals surface area contributed by atoms with Crippen LogP contribution in [0.2, 0.25) is 0 Å². The van der Waals surface area contributed by atoms with Crippen LogP contribution in [0.25, 0.3) is 0 Å². The summed E-state index contributed by atoms with van der Waals surface area (Å²) in [7, 11) is 0. The van der Waals surface area contributed by atoms with Gasteiger partial charge < -0.3 is 5.73 Å². The van der Waals surface area contributed by atoms with Gasteiger partial charge in [-0.25, -0.2) is 4.79 Å². The Labute approximate surface area is 279 Å². The molecular weight excluding hydrogens is 536 g/mol. The minimum atomic E-state index is 0.131. The van der Waals surface area contributed by atoms with E-state index in [1.165, 1.54) is 83.1 Å². The highest BCUT2D eigenvalue weighted by atomic mass is 16.1. The predicted molar refractivity (Wildman–Crippen MR) is 201 cm³/mol. The van der Waals surface area contributed by atoms with Crippen LogP contribution >= 0.6 is 0 Å². The first-order valence-corrected chi connectivity index (χ1v) is 19.1. The quantitative estimate of drug-likeness (QED) is 0.235. The lowest BCUT2D eigenvalue weighted by molar-refractivity contribution is -0.123. The zero-order chi connectivity index (χ0) is 35.4. The molecule has 0 spiro atoms. The van der Waals surface area contributed by atoms with Gasteiger partial charge >= 0.3 is 0 Å². The van der Waals surface area contributed by atoms with Gasteiger partial charge in [0.2, 0.25) is 0 Å². The van der Waals surface area contributed by atoms with E-state index in [1.54, 1.807) is 18.9 Å². The zero-order valence-electron chi connectivity index (χ0n) is 33.1. The van der Waals surface area contributed by atoms with Crippen LogP contribution in [-0.2, 0) is 4.79 Å². The molecule has 0 aromatic heterocycles. The minimum Gasteiger partial charge on any atom is -0.325 e. The van der Waals surface area contributed by atoms with E-state index in [-0.39, 0.29) is 5.54 Å². The molecule has 44 heavy (non-hydrogen) atoms. The number of nitrogens with two attached hydrogens (primary N) is 1. The Hall–Kier alpha value is -1.36. The van der Waals surface area contributed by atoms with Crippen LogP contribution in [0, 0.1) is 45.8 Å². The summed E-state index contributed by atoms with van der Waals surface area (Å²) < 4.78 is 0. The summed E-state index contributed by atoms with van der Waals surface area (Å²) in [5, 5.41) is 8.02. The van der Waals surface area contributed by atoms with Crippen LogP contribution < -0.4 is 5.73 Å². The second kappa shape index (κ2) is 29.1. The van der Waals surface area contributed by atoms with Gasteiger partial charge in [0, 0.05) is 11.1 Å². The highest BCUT2D eigenvalue weighted by Gasteiger charge is 2.60. The lowest BCUT2D eigenvalue weighted by Gasteiger charge is -2.64. The first-order chi connectivity index (χ1) is 21.1. The summed E-state index contributed by atoms with van der Waals surface area (Å²) in [6, 6.07) is 1.98. The Morgan fingerprint density at radius 1 is 0.818 bits per heavy atom. The van der Waals surface area contributed by atoms with E-state index in [9.17, 15) is 4.79 Å². The Morgan fingerprint density at radius 2 is 1.39 bits per heavy atom. The van der Waals surface area contributed by atoms with Crippen molar-refractivity contribution in [2.45, 2.75) is 200 Å². The van der Waals surface area contributed by atoms with E-state index in [0.717, 1.165) is 35.7 Å². The van der Waals surface area contributed by atoms with Crippen LogP contribution in [0.3, 0.4) is 0 Å². The smallest absolute Gasteiger partial charge is 0.120 e. The molecule has 0 heterocycles. The van der Waals surface area contributed by atoms with Gasteiger partial charge in [0.05, 0.1) is 6.07 Å². The van der Waals surface area contributed by atoms with Gasteiger partial charge in [-0.05, 0) is 112 Å². The Bertz CT molecular complexity index is 776. The number of nitriles is 1. The van der Waals surface area contributed by atoms with Crippen LogP contribution in [-0.4, -0.2) is 11.5 Å². The minimum absolute atomic E-state index is 0.131. The van der Waals surface area contributed by atoms with Crippen LogP contribution in [0.1, 0.15) is 194 Å². The molecule has 3 heteroatoms. The van der Waals surface area contributed by atoms with E-state index in [4.69, 9.17) is 11.0 Å². The van der Waals surface area contributed by atoms with Crippen molar-refractivity contribution in [1.82, 2.24) is 0 Å². The molecule has 0 amide bonds. The predicted octanol–water partition coefficient (Wildman–Crippen LogP) is 13.3. The van der Waals surface area contributed by atoms with Crippen LogP contribution in [0.5, 0.6) is 0 Å². The van der Waals surface area contributed by atoms with Gasteiger partial charge in [-0.2, -0.15) is 5.26 Å². The molecule has 4 rings (SSSR count). The van der Waals surface area contributed by atoms with E-state index in [2.05, 4.69) is 20.8 Å². The third-order valence-corrected chi connectivity index (χ3v) is 10.4. The number of rotatable bonds is 1. The first kappa shape index (κ1) is 49.5. The Balaban J connectivity index is -0.000000318. The molecule has 4 aliphatic carbocycles. The Morgan fingerprint density at radius 3 is 1.82 bits per heavy atom. The molecule has 0 aliphatic heterocycles. The SMILES string of the molecule is C/C=C(\C)C#N.CC.CC.CC.CC.CC.CC1CCCC2(C)C3CCC4(C)CCCCC4C3CCC2(N)C1.CCC=C=O.